The van der Waals surface area contributed by atoms with Crippen molar-refractivity contribution in [3.8, 4) is 0 Å². The average Bonchev–Trinajstić information content (AvgIpc) is 2.95. The highest BCUT2D eigenvalue weighted by Gasteiger charge is 2.34. The Bertz CT molecular complexity index is 538. The molecule has 1 aliphatic carbocycles. The van der Waals surface area contributed by atoms with Gasteiger partial charge < -0.3 is 5.11 Å². The van der Waals surface area contributed by atoms with Crippen LogP contribution in [0, 0.1) is 5.92 Å². The van der Waals surface area contributed by atoms with Gasteiger partial charge in [-0.05, 0) is 55.3 Å². The van der Waals surface area contributed by atoms with Crippen LogP contribution < -0.4 is 0 Å². The number of aliphatic carboxylic acids is 1. The van der Waals surface area contributed by atoms with Gasteiger partial charge in [-0.25, -0.2) is 4.79 Å². The van der Waals surface area contributed by atoms with Crippen LogP contribution in [0.2, 0.25) is 0 Å². The SMILES string of the molecule is O=C(O)C=Cc1cccc(CN2CCCC3CCCC32)c1. The molecule has 0 aromatic heterocycles. The summed E-state index contributed by atoms with van der Waals surface area (Å²) in [6.45, 7) is 2.20. The molecule has 1 aliphatic heterocycles. The van der Waals surface area contributed by atoms with E-state index < -0.39 is 5.97 Å². The maximum Gasteiger partial charge on any atom is 0.328 e. The fourth-order valence-electron chi connectivity index (χ4n) is 3.95. The zero-order valence-electron chi connectivity index (χ0n) is 12.4. The number of likely N-dealkylation sites (tertiary alicyclic amines) is 1. The van der Waals surface area contributed by atoms with Gasteiger partial charge in [0.15, 0.2) is 0 Å². The average molecular weight is 285 g/mol. The molecule has 1 heterocycles. The van der Waals surface area contributed by atoms with E-state index in [9.17, 15) is 4.79 Å². The maximum atomic E-state index is 10.6. The molecule has 3 nitrogen and oxygen atoms in total. The van der Waals surface area contributed by atoms with Gasteiger partial charge >= 0.3 is 5.97 Å². The number of hydrogen-bond donors (Lipinski definition) is 1. The Morgan fingerprint density at radius 2 is 2.14 bits per heavy atom. The van der Waals surface area contributed by atoms with Gasteiger partial charge in [-0.3, -0.25) is 4.90 Å². The van der Waals surface area contributed by atoms with Gasteiger partial charge in [0.05, 0.1) is 0 Å². The summed E-state index contributed by atoms with van der Waals surface area (Å²) in [5, 5.41) is 8.71. The molecule has 21 heavy (non-hydrogen) atoms. The van der Waals surface area contributed by atoms with Crippen molar-refractivity contribution in [3.05, 3.63) is 41.5 Å². The smallest absolute Gasteiger partial charge is 0.328 e. The second kappa shape index (κ2) is 6.44. The Labute approximate surface area is 126 Å². The first-order valence-corrected chi connectivity index (χ1v) is 7.96. The third-order valence-electron chi connectivity index (χ3n) is 4.86. The molecule has 1 saturated carbocycles. The number of carboxylic acid groups (broad SMARTS) is 1. The van der Waals surface area contributed by atoms with E-state index in [1.54, 1.807) is 6.08 Å². The van der Waals surface area contributed by atoms with Crippen molar-refractivity contribution < 1.29 is 9.90 Å². The number of fused-ring (bicyclic) bond motifs is 1. The fourth-order valence-corrected chi connectivity index (χ4v) is 3.95. The van der Waals surface area contributed by atoms with Crippen LogP contribution in [0.15, 0.2) is 30.3 Å². The number of rotatable bonds is 4. The van der Waals surface area contributed by atoms with E-state index in [-0.39, 0.29) is 0 Å². The highest BCUT2D eigenvalue weighted by atomic mass is 16.4. The standard InChI is InChI=1S/C18H23NO2/c20-18(21)10-9-14-4-1-5-15(12-14)13-19-11-3-7-16-6-2-8-17(16)19/h1,4-5,9-10,12,16-17H,2-3,6-8,11,13H2,(H,20,21). The number of benzene rings is 1. The molecular weight excluding hydrogens is 262 g/mol. The lowest BCUT2D eigenvalue weighted by Crippen LogP contribution is -2.41. The van der Waals surface area contributed by atoms with Crippen molar-refractivity contribution in [1.82, 2.24) is 4.90 Å². The minimum atomic E-state index is -0.898. The zero-order chi connectivity index (χ0) is 14.7. The Hall–Kier alpha value is -1.61. The van der Waals surface area contributed by atoms with Crippen LogP contribution in [0.3, 0.4) is 0 Å². The molecular formula is C18H23NO2. The summed E-state index contributed by atoms with van der Waals surface area (Å²) in [5.41, 5.74) is 2.25. The first kappa shape index (κ1) is 14.3. The molecule has 0 bridgehead atoms. The number of nitrogens with zero attached hydrogens (tertiary/aromatic N) is 1. The van der Waals surface area contributed by atoms with Crippen LogP contribution >= 0.6 is 0 Å². The van der Waals surface area contributed by atoms with E-state index in [0.29, 0.717) is 0 Å². The van der Waals surface area contributed by atoms with Crippen molar-refractivity contribution in [3.63, 3.8) is 0 Å². The van der Waals surface area contributed by atoms with Gasteiger partial charge in [0.1, 0.15) is 0 Å². The van der Waals surface area contributed by atoms with Crippen LogP contribution in [0.25, 0.3) is 6.08 Å². The van der Waals surface area contributed by atoms with E-state index in [2.05, 4.69) is 17.0 Å². The second-order valence-corrected chi connectivity index (χ2v) is 6.29. The van der Waals surface area contributed by atoms with Crippen LogP contribution in [-0.2, 0) is 11.3 Å². The van der Waals surface area contributed by atoms with Crippen LogP contribution in [0.1, 0.15) is 43.2 Å². The topological polar surface area (TPSA) is 40.5 Å². The molecule has 3 heteroatoms. The van der Waals surface area contributed by atoms with E-state index in [1.807, 2.05) is 12.1 Å². The predicted octanol–water partition coefficient (Wildman–Crippen LogP) is 3.55. The maximum absolute atomic E-state index is 10.6. The summed E-state index contributed by atoms with van der Waals surface area (Å²) in [4.78, 5) is 13.2. The molecule has 0 amide bonds. The van der Waals surface area contributed by atoms with Crippen molar-refractivity contribution in [1.29, 1.82) is 0 Å². The van der Waals surface area contributed by atoms with E-state index in [0.717, 1.165) is 24.1 Å². The van der Waals surface area contributed by atoms with Gasteiger partial charge in [-0.15, -0.1) is 0 Å². The first-order chi connectivity index (χ1) is 10.2. The highest BCUT2D eigenvalue weighted by Crippen LogP contribution is 2.37. The van der Waals surface area contributed by atoms with Crippen molar-refractivity contribution >= 4 is 12.0 Å². The zero-order valence-corrected chi connectivity index (χ0v) is 12.4. The number of carbonyl (C=O) groups is 1. The van der Waals surface area contributed by atoms with E-state index >= 15 is 0 Å². The Morgan fingerprint density at radius 3 is 3.00 bits per heavy atom. The summed E-state index contributed by atoms with van der Waals surface area (Å²) in [7, 11) is 0. The quantitative estimate of drug-likeness (QED) is 0.860. The van der Waals surface area contributed by atoms with Crippen LogP contribution in [0.5, 0.6) is 0 Å². The third kappa shape index (κ3) is 3.53. The number of carboxylic acids is 1. The van der Waals surface area contributed by atoms with Crippen molar-refractivity contribution in [2.24, 2.45) is 5.92 Å². The minimum absolute atomic E-state index is 0.775. The monoisotopic (exact) mass is 285 g/mol. The molecule has 2 aliphatic rings. The van der Waals surface area contributed by atoms with E-state index in [4.69, 9.17) is 5.11 Å². The lowest BCUT2D eigenvalue weighted by molar-refractivity contribution is -0.131. The van der Waals surface area contributed by atoms with Gasteiger partial charge in [-0.2, -0.15) is 0 Å². The van der Waals surface area contributed by atoms with E-state index in [1.165, 1.54) is 50.3 Å². The molecule has 112 valence electrons. The summed E-state index contributed by atoms with van der Waals surface area (Å²) in [6.07, 6.45) is 9.73. The number of hydrogen-bond acceptors (Lipinski definition) is 2. The van der Waals surface area contributed by atoms with Crippen LogP contribution in [-0.4, -0.2) is 28.6 Å². The predicted molar refractivity (Wildman–Crippen MR) is 83.9 cm³/mol. The summed E-state index contributed by atoms with van der Waals surface area (Å²) in [5.74, 6) is 0.0130. The van der Waals surface area contributed by atoms with Gasteiger partial charge in [0.2, 0.25) is 0 Å². The lowest BCUT2D eigenvalue weighted by atomic mass is 9.91. The molecule has 1 aromatic carbocycles. The largest absolute Gasteiger partial charge is 0.478 e. The highest BCUT2D eigenvalue weighted by molar-refractivity contribution is 5.85. The summed E-state index contributed by atoms with van der Waals surface area (Å²) < 4.78 is 0. The molecule has 1 N–H and O–H groups in total. The molecule has 2 atom stereocenters. The normalized spacial score (nSPS) is 26.1. The second-order valence-electron chi connectivity index (χ2n) is 6.29. The Morgan fingerprint density at radius 1 is 1.29 bits per heavy atom. The van der Waals surface area contributed by atoms with Crippen LogP contribution in [0.4, 0.5) is 0 Å². The summed E-state index contributed by atoms with van der Waals surface area (Å²) in [6, 6.07) is 9.01. The minimum Gasteiger partial charge on any atom is -0.478 e. The molecule has 2 fully saturated rings. The molecule has 1 aromatic rings. The molecule has 1 saturated heterocycles. The van der Waals surface area contributed by atoms with Gasteiger partial charge in [0, 0.05) is 18.7 Å². The van der Waals surface area contributed by atoms with Gasteiger partial charge in [-0.1, -0.05) is 30.7 Å². The number of piperidine rings is 1. The lowest BCUT2D eigenvalue weighted by Gasteiger charge is -2.37. The molecule has 3 rings (SSSR count). The molecule has 0 spiro atoms. The third-order valence-corrected chi connectivity index (χ3v) is 4.86. The van der Waals surface area contributed by atoms with Crippen molar-refractivity contribution in [2.45, 2.75) is 44.7 Å². The molecule has 0 radical (unpaired) electrons. The van der Waals surface area contributed by atoms with Gasteiger partial charge in [0.25, 0.3) is 0 Å². The van der Waals surface area contributed by atoms with Crippen molar-refractivity contribution in [2.75, 3.05) is 6.54 Å². The summed E-state index contributed by atoms with van der Waals surface area (Å²) >= 11 is 0. The Kier molecular flexibility index (Phi) is 4.39. The molecule has 2 unspecified atom stereocenters. The first-order valence-electron chi connectivity index (χ1n) is 7.96. The Balaban J connectivity index is 1.69. The fraction of sp³-hybridized carbons (Fsp3) is 0.500.